The van der Waals surface area contributed by atoms with E-state index in [4.69, 9.17) is 22.6 Å². The number of carbonyl (C=O) groups is 1. The SMILES string of the molecule is N#CCCSC(=S)N1CCC[C@H]1C(=O)O. The zero-order chi connectivity index (χ0) is 11.3. The Kier molecular flexibility index (Phi) is 4.85. The van der Waals surface area contributed by atoms with Crippen molar-refractivity contribution in [2.24, 2.45) is 0 Å². The molecule has 6 heteroatoms. The molecule has 0 radical (unpaired) electrons. The number of carboxylic acid groups (broad SMARTS) is 1. The molecule has 0 aliphatic carbocycles. The highest BCUT2D eigenvalue weighted by Crippen LogP contribution is 2.22. The number of nitriles is 1. The average molecular weight is 244 g/mol. The zero-order valence-electron chi connectivity index (χ0n) is 8.18. The fourth-order valence-electron chi connectivity index (χ4n) is 1.51. The van der Waals surface area contributed by atoms with Gasteiger partial charge in [-0.05, 0) is 12.8 Å². The van der Waals surface area contributed by atoms with Crippen molar-refractivity contribution in [1.29, 1.82) is 5.26 Å². The molecule has 82 valence electrons. The lowest BCUT2D eigenvalue weighted by molar-refractivity contribution is -0.140. The van der Waals surface area contributed by atoms with Gasteiger partial charge in [-0.1, -0.05) is 24.0 Å². The van der Waals surface area contributed by atoms with Crippen molar-refractivity contribution in [2.75, 3.05) is 12.3 Å². The minimum Gasteiger partial charge on any atom is -0.480 e. The van der Waals surface area contributed by atoms with Crippen molar-refractivity contribution >= 4 is 34.3 Å². The van der Waals surface area contributed by atoms with Crippen LogP contribution in [0, 0.1) is 11.3 Å². The van der Waals surface area contributed by atoms with Gasteiger partial charge in [-0.15, -0.1) is 0 Å². The van der Waals surface area contributed by atoms with Crippen LogP contribution < -0.4 is 0 Å². The molecule has 0 amide bonds. The summed E-state index contributed by atoms with van der Waals surface area (Å²) in [4.78, 5) is 12.6. The quantitative estimate of drug-likeness (QED) is 0.599. The zero-order valence-corrected chi connectivity index (χ0v) is 9.81. The Hall–Kier alpha value is -0.800. The Morgan fingerprint density at radius 1 is 1.73 bits per heavy atom. The second-order valence-electron chi connectivity index (χ2n) is 3.21. The third kappa shape index (κ3) is 3.36. The predicted octanol–water partition coefficient (Wildman–Crippen LogP) is 1.47. The number of aliphatic carboxylic acids is 1. The van der Waals surface area contributed by atoms with Crippen molar-refractivity contribution in [3.8, 4) is 6.07 Å². The summed E-state index contributed by atoms with van der Waals surface area (Å²) < 4.78 is 0.607. The molecule has 0 aromatic rings. The molecule has 0 aromatic carbocycles. The first-order valence-corrected chi connectivity index (χ1v) is 6.09. The van der Waals surface area contributed by atoms with Gasteiger partial charge in [0.1, 0.15) is 10.4 Å². The minimum atomic E-state index is -0.810. The molecule has 1 heterocycles. The topological polar surface area (TPSA) is 64.3 Å². The van der Waals surface area contributed by atoms with Gasteiger partial charge < -0.3 is 10.0 Å². The smallest absolute Gasteiger partial charge is 0.326 e. The molecule has 1 aliphatic heterocycles. The number of nitrogens with zero attached hydrogens (tertiary/aromatic N) is 2. The van der Waals surface area contributed by atoms with E-state index in [1.807, 2.05) is 6.07 Å². The van der Waals surface area contributed by atoms with Crippen molar-refractivity contribution in [3.63, 3.8) is 0 Å². The van der Waals surface area contributed by atoms with E-state index in [0.717, 1.165) is 13.0 Å². The first-order valence-electron chi connectivity index (χ1n) is 4.70. The molecule has 0 saturated carbocycles. The van der Waals surface area contributed by atoms with Gasteiger partial charge in [0.2, 0.25) is 0 Å². The highest BCUT2D eigenvalue weighted by Gasteiger charge is 2.31. The third-order valence-corrected chi connectivity index (χ3v) is 3.69. The Bertz CT molecular complexity index is 301. The van der Waals surface area contributed by atoms with Crippen LogP contribution in [-0.2, 0) is 4.79 Å². The molecule has 1 fully saturated rings. The van der Waals surface area contributed by atoms with Crippen molar-refractivity contribution in [2.45, 2.75) is 25.3 Å². The molecule has 0 bridgehead atoms. The molecular weight excluding hydrogens is 232 g/mol. The lowest BCUT2D eigenvalue weighted by Crippen LogP contribution is -2.38. The summed E-state index contributed by atoms with van der Waals surface area (Å²) in [6.45, 7) is 0.718. The van der Waals surface area contributed by atoms with Gasteiger partial charge in [0.05, 0.1) is 6.07 Å². The van der Waals surface area contributed by atoms with Crippen LogP contribution in [0.15, 0.2) is 0 Å². The van der Waals surface area contributed by atoms with E-state index in [9.17, 15) is 4.79 Å². The molecule has 0 aromatic heterocycles. The molecule has 1 rings (SSSR count). The first-order chi connectivity index (χ1) is 7.16. The number of rotatable bonds is 3. The molecule has 4 nitrogen and oxygen atoms in total. The molecule has 1 N–H and O–H groups in total. The molecule has 0 unspecified atom stereocenters. The van der Waals surface area contributed by atoms with Crippen LogP contribution in [0.3, 0.4) is 0 Å². The van der Waals surface area contributed by atoms with E-state index in [-0.39, 0.29) is 0 Å². The van der Waals surface area contributed by atoms with Gasteiger partial charge in [-0.2, -0.15) is 5.26 Å². The summed E-state index contributed by atoms with van der Waals surface area (Å²) in [6.07, 6.45) is 1.97. The summed E-state index contributed by atoms with van der Waals surface area (Å²) in [7, 11) is 0. The van der Waals surface area contributed by atoms with Crippen LogP contribution in [0.1, 0.15) is 19.3 Å². The van der Waals surface area contributed by atoms with Crippen molar-refractivity contribution in [3.05, 3.63) is 0 Å². The van der Waals surface area contributed by atoms with Gasteiger partial charge in [0.25, 0.3) is 0 Å². The molecule has 0 spiro atoms. The molecule has 1 aliphatic rings. The fraction of sp³-hybridized carbons (Fsp3) is 0.667. The second-order valence-corrected chi connectivity index (χ2v) is 4.94. The van der Waals surface area contributed by atoms with Crippen molar-refractivity contribution in [1.82, 2.24) is 4.90 Å². The highest BCUT2D eigenvalue weighted by molar-refractivity contribution is 8.22. The van der Waals surface area contributed by atoms with E-state index in [0.29, 0.717) is 22.9 Å². The maximum atomic E-state index is 10.9. The Morgan fingerprint density at radius 3 is 3.07 bits per heavy atom. The standard InChI is InChI=1S/C9H12N2O2S2/c10-4-2-6-15-9(14)11-5-1-3-7(11)8(12)13/h7H,1-3,5-6H2,(H,12,13)/t7-/m0/s1. The summed E-state index contributed by atoms with van der Waals surface area (Å²) in [5.74, 6) is -0.172. The van der Waals surface area contributed by atoms with Crippen LogP contribution >= 0.6 is 24.0 Å². The monoisotopic (exact) mass is 244 g/mol. The van der Waals surface area contributed by atoms with E-state index in [1.165, 1.54) is 11.8 Å². The van der Waals surface area contributed by atoms with Crippen LogP contribution in [0.25, 0.3) is 0 Å². The van der Waals surface area contributed by atoms with Gasteiger partial charge in [-0.3, -0.25) is 0 Å². The Morgan fingerprint density at radius 2 is 2.47 bits per heavy atom. The maximum Gasteiger partial charge on any atom is 0.326 e. The number of likely N-dealkylation sites (tertiary alicyclic amines) is 1. The van der Waals surface area contributed by atoms with Gasteiger partial charge in [0.15, 0.2) is 0 Å². The first kappa shape index (κ1) is 12.3. The summed E-state index contributed by atoms with van der Waals surface area (Å²) >= 11 is 6.53. The van der Waals surface area contributed by atoms with E-state index >= 15 is 0 Å². The lowest BCUT2D eigenvalue weighted by Gasteiger charge is -2.23. The highest BCUT2D eigenvalue weighted by atomic mass is 32.2. The summed E-state index contributed by atoms with van der Waals surface area (Å²) in [5, 5.41) is 17.3. The average Bonchev–Trinajstić information content (AvgIpc) is 2.66. The predicted molar refractivity (Wildman–Crippen MR) is 62.6 cm³/mol. The minimum absolute atomic E-state index is 0.441. The van der Waals surface area contributed by atoms with Gasteiger partial charge in [-0.25, -0.2) is 4.79 Å². The molecule has 15 heavy (non-hydrogen) atoms. The van der Waals surface area contributed by atoms with E-state index in [1.54, 1.807) is 4.90 Å². The van der Waals surface area contributed by atoms with Crippen LogP contribution in [0.5, 0.6) is 0 Å². The largest absolute Gasteiger partial charge is 0.480 e. The van der Waals surface area contributed by atoms with Crippen LogP contribution in [0.4, 0.5) is 0 Å². The summed E-state index contributed by atoms with van der Waals surface area (Å²) in [6, 6.07) is 1.57. The molecule has 1 atom stereocenters. The van der Waals surface area contributed by atoms with Crippen LogP contribution in [-0.4, -0.2) is 38.6 Å². The Balaban J connectivity index is 2.45. The number of thioether (sulfide) groups is 1. The van der Waals surface area contributed by atoms with E-state index in [2.05, 4.69) is 0 Å². The molecular formula is C9H12N2O2S2. The number of thiocarbonyl (C=S) groups is 1. The third-order valence-electron chi connectivity index (χ3n) is 2.21. The fourth-order valence-corrected chi connectivity index (χ4v) is 2.73. The number of carboxylic acids is 1. The van der Waals surface area contributed by atoms with Gasteiger partial charge in [0, 0.05) is 18.7 Å². The Labute approximate surface area is 98.2 Å². The van der Waals surface area contributed by atoms with Crippen LogP contribution in [0.2, 0.25) is 0 Å². The van der Waals surface area contributed by atoms with Gasteiger partial charge >= 0.3 is 5.97 Å². The van der Waals surface area contributed by atoms with E-state index < -0.39 is 12.0 Å². The van der Waals surface area contributed by atoms with Crippen molar-refractivity contribution < 1.29 is 9.90 Å². The number of hydrogen-bond donors (Lipinski definition) is 1. The molecule has 1 saturated heterocycles. The maximum absolute atomic E-state index is 10.9. The number of hydrogen-bond acceptors (Lipinski definition) is 4. The second kappa shape index (κ2) is 5.93. The normalized spacial score (nSPS) is 19.9. The lowest BCUT2D eigenvalue weighted by atomic mass is 10.2. The summed E-state index contributed by atoms with van der Waals surface area (Å²) in [5.41, 5.74) is 0.